The van der Waals surface area contributed by atoms with Gasteiger partial charge in [0.2, 0.25) is 0 Å². The smallest absolute Gasteiger partial charge is 0.256 e. The van der Waals surface area contributed by atoms with Crippen LogP contribution in [-0.2, 0) is 4.74 Å². The van der Waals surface area contributed by atoms with Crippen LogP contribution >= 0.6 is 0 Å². The van der Waals surface area contributed by atoms with Gasteiger partial charge in [0, 0.05) is 13.3 Å². The van der Waals surface area contributed by atoms with E-state index in [1.165, 1.54) is 0 Å². The van der Waals surface area contributed by atoms with Gasteiger partial charge in [0.25, 0.3) is 5.88 Å². The average Bonchev–Trinajstić information content (AvgIpc) is 2.15. The largest absolute Gasteiger partial charge is 0.478 e. The summed E-state index contributed by atoms with van der Waals surface area (Å²) < 4.78 is 14.9. The number of nitrogens with zero attached hydrogens (tertiary/aromatic N) is 1. The second-order valence-electron chi connectivity index (χ2n) is 2.06. The molecule has 1 heterocycles. The van der Waals surface area contributed by atoms with Crippen LogP contribution in [0.25, 0.3) is 0 Å². The predicted molar refractivity (Wildman–Crippen MR) is 43.3 cm³/mol. The van der Waals surface area contributed by atoms with Gasteiger partial charge in [-0.2, -0.15) is 0 Å². The number of hydrogen-bond donors (Lipinski definition) is 0. The lowest BCUT2D eigenvalue weighted by Crippen LogP contribution is -2.01. The minimum Gasteiger partial charge on any atom is -0.478 e. The molecular formula is C8H11NO3. The van der Waals surface area contributed by atoms with Crippen LogP contribution in [0.5, 0.6) is 11.6 Å². The van der Waals surface area contributed by atoms with Crippen LogP contribution in [-0.4, -0.2) is 26.0 Å². The van der Waals surface area contributed by atoms with Gasteiger partial charge in [-0.1, -0.05) is 0 Å². The van der Waals surface area contributed by atoms with Crippen LogP contribution < -0.4 is 9.47 Å². The first kappa shape index (κ1) is 8.80. The molecule has 66 valence electrons. The molecule has 4 heteroatoms. The summed E-state index contributed by atoms with van der Waals surface area (Å²) in [5.74, 6) is 1.05. The normalized spacial score (nSPS) is 9.50. The molecule has 1 aromatic rings. The number of aromatic nitrogens is 1. The second kappa shape index (κ2) is 4.56. The monoisotopic (exact) mass is 169 g/mol. The molecule has 0 spiro atoms. The molecule has 0 aliphatic rings. The Morgan fingerprint density at radius 1 is 1.42 bits per heavy atom. The van der Waals surface area contributed by atoms with Gasteiger partial charge >= 0.3 is 0 Å². The molecule has 4 nitrogen and oxygen atoms in total. The summed E-state index contributed by atoms with van der Waals surface area (Å²) in [6.45, 7) is 0.196. The van der Waals surface area contributed by atoms with E-state index in [1.807, 2.05) is 0 Å². The third-order valence-corrected chi connectivity index (χ3v) is 1.26. The van der Waals surface area contributed by atoms with Gasteiger partial charge in [-0.05, 0) is 12.1 Å². The molecule has 0 atom stereocenters. The average molecular weight is 169 g/mol. The molecule has 0 saturated carbocycles. The fourth-order valence-corrected chi connectivity index (χ4v) is 0.762. The van der Waals surface area contributed by atoms with E-state index in [2.05, 4.69) is 4.98 Å². The zero-order valence-electron chi connectivity index (χ0n) is 7.11. The van der Waals surface area contributed by atoms with E-state index < -0.39 is 0 Å². The molecule has 0 bridgehead atoms. The highest BCUT2D eigenvalue weighted by Crippen LogP contribution is 2.22. The van der Waals surface area contributed by atoms with Crippen molar-refractivity contribution >= 4 is 0 Å². The summed E-state index contributed by atoms with van der Waals surface area (Å²) in [6, 6.07) is 3.54. The Morgan fingerprint density at radius 2 is 2.25 bits per heavy atom. The van der Waals surface area contributed by atoms with Crippen molar-refractivity contribution in [1.29, 1.82) is 0 Å². The lowest BCUT2D eigenvalue weighted by atomic mass is 10.4. The molecule has 0 fully saturated rings. The number of methoxy groups -OCH3 is 2. The highest BCUT2D eigenvalue weighted by molar-refractivity contribution is 5.32. The van der Waals surface area contributed by atoms with Crippen LogP contribution in [0.2, 0.25) is 0 Å². The van der Waals surface area contributed by atoms with Gasteiger partial charge in [0.1, 0.15) is 0 Å². The molecule has 0 amide bonds. The Hall–Kier alpha value is -1.29. The summed E-state index contributed by atoms with van der Waals surface area (Å²) in [7, 11) is 3.10. The molecule has 0 radical (unpaired) electrons. The van der Waals surface area contributed by atoms with Crippen molar-refractivity contribution in [2.75, 3.05) is 21.0 Å². The first-order valence-electron chi connectivity index (χ1n) is 3.49. The molecule has 0 unspecified atom stereocenters. The van der Waals surface area contributed by atoms with Crippen LogP contribution in [0.1, 0.15) is 0 Å². The Morgan fingerprint density at radius 3 is 2.92 bits per heavy atom. The predicted octanol–water partition coefficient (Wildman–Crippen LogP) is 1.07. The van der Waals surface area contributed by atoms with E-state index in [-0.39, 0.29) is 6.79 Å². The minimum absolute atomic E-state index is 0.196. The first-order valence-corrected chi connectivity index (χ1v) is 3.49. The number of rotatable bonds is 4. The highest BCUT2D eigenvalue weighted by Gasteiger charge is 2.02. The van der Waals surface area contributed by atoms with Crippen molar-refractivity contribution in [2.24, 2.45) is 0 Å². The van der Waals surface area contributed by atoms with E-state index in [0.717, 1.165) is 0 Å². The van der Waals surface area contributed by atoms with Crippen LogP contribution in [0.3, 0.4) is 0 Å². The van der Waals surface area contributed by atoms with Crippen molar-refractivity contribution < 1.29 is 14.2 Å². The van der Waals surface area contributed by atoms with E-state index in [1.54, 1.807) is 32.5 Å². The van der Waals surface area contributed by atoms with Crippen LogP contribution in [0.15, 0.2) is 18.3 Å². The topological polar surface area (TPSA) is 40.6 Å². The van der Waals surface area contributed by atoms with Gasteiger partial charge in [-0.3, -0.25) is 0 Å². The van der Waals surface area contributed by atoms with Crippen molar-refractivity contribution in [2.45, 2.75) is 0 Å². The van der Waals surface area contributed by atoms with Gasteiger partial charge < -0.3 is 14.2 Å². The quantitative estimate of drug-likeness (QED) is 0.632. The summed E-state index contributed by atoms with van der Waals surface area (Å²) in [5, 5.41) is 0. The summed E-state index contributed by atoms with van der Waals surface area (Å²) in [4.78, 5) is 3.95. The standard InChI is InChI=1S/C8H11NO3/c1-10-6-12-7-4-3-5-9-8(7)11-2/h3-5H,6H2,1-2H3. The van der Waals surface area contributed by atoms with E-state index in [4.69, 9.17) is 14.2 Å². The Bertz CT molecular complexity index is 239. The third-order valence-electron chi connectivity index (χ3n) is 1.26. The van der Waals surface area contributed by atoms with E-state index in [9.17, 15) is 0 Å². The zero-order chi connectivity index (χ0) is 8.81. The van der Waals surface area contributed by atoms with E-state index in [0.29, 0.717) is 11.6 Å². The third kappa shape index (κ3) is 2.10. The molecule has 0 aliphatic heterocycles. The zero-order valence-corrected chi connectivity index (χ0v) is 7.11. The number of pyridine rings is 1. The summed E-state index contributed by atoms with van der Waals surface area (Å²) in [6.07, 6.45) is 1.64. The van der Waals surface area contributed by atoms with Gasteiger partial charge in [-0.15, -0.1) is 0 Å². The molecule has 12 heavy (non-hydrogen) atoms. The molecule has 0 aliphatic carbocycles. The number of ether oxygens (including phenoxy) is 3. The van der Waals surface area contributed by atoms with Gasteiger partial charge in [-0.25, -0.2) is 4.98 Å². The highest BCUT2D eigenvalue weighted by atomic mass is 16.7. The minimum atomic E-state index is 0.196. The van der Waals surface area contributed by atoms with Gasteiger partial charge in [0.15, 0.2) is 12.5 Å². The van der Waals surface area contributed by atoms with Crippen molar-refractivity contribution in [3.05, 3.63) is 18.3 Å². The Balaban J connectivity index is 2.68. The lowest BCUT2D eigenvalue weighted by Gasteiger charge is -2.07. The van der Waals surface area contributed by atoms with Crippen LogP contribution in [0, 0.1) is 0 Å². The fraction of sp³-hybridized carbons (Fsp3) is 0.375. The van der Waals surface area contributed by atoms with Crippen molar-refractivity contribution in [3.8, 4) is 11.6 Å². The Labute approximate surface area is 71.1 Å². The maximum Gasteiger partial charge on any atom is 0.256 e. The maximum absolute atomic E-state index is 5.17. The SMILES string of the molecule is COCOc1cccnc1OC. The lowest BCUT2D eigenvalue weighted by molar-refractivity contribution is 0.0486. The summed E-state index contributed by atoms with van der Waals surface area (Å²) in [5.41, 5.74) is 0. The Kier molecular flexibility index (Phi) is 3.35. The van der Waals surface area contributed by atoms with Crippen molar-refractivity contribution in [1.82, 2.24) is 4.98 Å². The van der Waals surface area contributed by atoms with Crippen molar-refractivity contribution in [3.63, 3.8) is 0 Å². The van der Waals surface area contributed by atoms with Crippen LogP contribution in [0.4, 0.5) is 0 Å². The maximum atomic E-state index is 5.17. The molecule has 0 aromatic carbocycles. The second-order valence-corrected chi connectivity index (χ2v) is 2.06. The molecular weight excluding hydrogens is 158 g/mol. The molecule has 1 rings (SSSR count). The number of hydrogen-bond acceptors (Lipinski definition) is 4. The summed E-state index contributed by atoms with van der Waals surface area (Å²) >= 11 is 0. The first-order chi connectivity index (χ1) is 5.88. The van der Waals surface area contributed by atoms with Gasteiger partial charge in [0.05, 0.1) is 7.11 Å². The molecule has 0 N–H and O–H groups in total. The molecule has 1 aromatic heterocycles. The van der Waals surface area contributed by atoms with E-state index >= 15 is 0 Å². The fourth-order valence-electron chi connectivity index (χ4n) is 0.762. The molecule has 0 saturated heterocycles.